The molecule has 1 N–H and O–H groups in total. The molecule has 1 fully saturated rings. The third-order valence-corrected chi connectivity index (χ3v) is 4.54. The Balaban J connectivity index is 0.00000176. The molecule has 1 atom stereocenters. The van der Waals surface area contributed by atoms with Crippen molar-refractivity contribution in [1.82, 2.24) is 20.1 Å². The predicted octanol–water partition coefficient (Wildman–Crippen LogP) is 4.10. The highest BCUT2D eigenvalue weighted by Crippen LogP contribution is 2.34. The minimum atomic E-state index is -4.64. The lowest BCUT2D eigenvalue weighted by molar-refractivity contribution is -0.141. The van der Waals surface area contributed by atoms with E-state index in [1.54, 1.807) is 0 Å². The summed E-state index contributed by atoms with van der Waals surface area (Å²) in [5.41, 5.74) is -1.09. The van der Waals surface area contributed by atoms with Crippen molar-refractivity contribution in [2.45, 2.75) is 39.3 Å². The van der Waals surface area contributed by atoms with Crippen LogP contribution in [-0.4, -0.2) is 59.2 Å². The summed E-state index contributed by atoms with van der Waals surface area (Å²) in [5, 5.41) is 10.0. The second-order valence-corrected chi connectivity index (χ2v) is 6.64. The molecule has 1 amide bonds. The normalized spacial score (nSPS) is 16.0. The zero-order chi connectivity index (χ0) is 23.9. The van der Waals surface area contributed by atoms with Gasteiger partial charge in [-0.1, -0.05) is 18.9 Å². The highest BCUT2D eigenvalue weighted by Gasteiger charge is 2.34. The van der Waals surface area contributed by atoms with Gasteiger partial charge in [-0.05, 0) is 24.5 Å². The maximum Gasteiger partial charge on any atom is 0.433 e. The summed E-state index contributed by atoms with van der Waals surface area (Å²) < 4.78 is 73.4. The molecule has 1 aliphatic heterocycles. The van der Waals surface area contributed by atoms with E-state index >= 15 is 0 Å². The van der Waals surface area contributed by atoms with Crippen LogP contribution < -0.4 is 10.1 Å². The number of carbonyl (C=O) groups excluding carboxylic acids is 1. The van der Waals surface area contributed by atoms with Gasteiger partial charge in [-0.2, -0.15) is 13.2 Å². The highest BCUT2D eigenvalue weighted by atomic mass is 19.4. The molecule has 1 saturated heterocycles. The molecule has 3 rings (SSSR count). The van der Waals surface area contributed by atoms with Gasteiger partial charge in [-0.25, -0.2) is 13.8 Å². The van der Waals surface area contributed by atoms with E-state index < -0.39 is 18.3 Å². The minimum Gasteiger partial charge on any atom is -0.480 e. The van der Waals surface area contributed by atoms with Gasteiger partial charge in [0.25, 0.3) is 5.89 Å². The summed E-state index contributed by atoms with van der Waals surface area (Å²) in [5.74, 6) is -1.05. The average Bonchev–Trinajstić information content (AvgIpc) is 3.41. The van der Waals surface area contributed by atoms with Crippen LogP contribution in [0.4, 0.5) is 28.0 Å². The Hall–Kier alpha value is -2.99. The van der Waals surface area contributed by atoms with E-state index in [2.05, 4.69) is 20.5 Å². The average molecular weight is 465 g/mol. The van der Waals surface area contributed by atoms with Crippen molar-refractivity contribution < 1.29 is 35.9 Å². The number of alkyl halides is 5. The molecule has 2 aromatic rings. The number of anilines is 1. The lowest BCUT2D eigenvalue weighted by Crippen LogP contribution is -2.34. The predicted molar refractivity (Wildman–Crippen MR) is 104 cm³/mol. The van der Waals surface area contributed by atoms with Crippen molar-refractivity contribution in [2.75, 3.05) is 32.1 Å². The van der Waals surface area contributed by atoms with Gasteiger partial charge in [-0.15, -0.1) is 5.10 Å². The third kappa shape index (κ3) is 6.50. The SMILES string of the molecule is CC.COc1nc(C(F)(F)F)ccc1-c1nnc(NCC(=O)N2CCC(CC(F)F)C2)o1. The number of hydrogen-bond acceptors (Lipinski definition) is 7. The first-order valence-corrected chi connectivity index (χ1v) is 9.93. The molecular formula is C19H24F5N5O3. The van der Waals surface area contributed by atoms with Crippen molar-refractivity contribution >= 4 is 11.9 Å². The Morgan fingerprint density at radius 1 is 1.31 bits per heavy atom. The number of carbonyl (C=O) groups is 1. The van der Waals surface area contributed by atoms with Gasteiger partial charge in [0, 0.05) is 19.5 Å². The number of likely N-dealkylation sites (tertiary alicyclic amines) is 1. The van der Waals surface area contributed by atoms with Crippen LogP contribution in [0.2, 0.25) is 0 Å². The van der Waals surface area contributed by atoms with Crippen molar-refractivity contribution in [3.8, 4) is 17.3 Å². The Morgan fingerprint density at radius 3 is 2.66 bits per heavy atom. The molecular weight excluding hydrogens is 441 g/mol. The topological polar surface area (TPSA) is 93.4 Å². The molecule has 0 aromatic carbocycles. The van der Waals surface area contributed by atoms with E-state index in [0.717, 1.165) is 19.2 Å². The monoisotopic (exact) mass is 465 g/mol. The highest BCUT2D eigenvalue weighted by molar-refractivity contribution is 5.80. The maximum atomic E-state index is 12.8. The molecule has 8 nitrogen and oxygen atoms in total. The van der Waals surface area contributed by atoms with E-state index in [4.69, 9.17) is 9.15 Å². The summed E-state index contributed by atoms with van der Waals surface area (Å²) >= 11 is 0. The summed E-state index contributed by atoms with van der Waals surface area (Å²) in [6.07, 6.45) is -6.77. The minimum absolute atomic E-state index is 0.0479. The van der Waals surface area contributed by atoms with E-state index in [-0.39, 0.29) is 54.7 Å². The van der Waals surface area contributed by atoms with Crippen LogP contribution in [0.25, 0.3) is 11.5 Å². The first-order chi connectivity index (χ1) is 15.2. The lowest BCUT2D eigenvalue weighted by atomic mass is 10.1. The van der Waals surface area contributed by atoms with Crippen LogP contribution in [0.5, 0.6) is 5.88 Å². The summed E-state index contributed by atoms with van der Waals surface area (Å²) in [4.78, 5) is 17.1. The Bertz CT molecular complexity index is 890. The Kier molecular flexibility index (Phi) is 8.72. The summed E-state index contributed by atoms with van der Waals surface area (Å²) in [6, 6.07) is 1.70. The number of pyridine rings is 1. The zero-order valence-electron chi connectivity index (χ0n) is 17.7. The first kappa shape index (κ1) is 25.3. The van der Waals surface area contributed by atoms with Gasteiger partial charge in [0.1, 0.15) is 11.3 Å². The van der Waals surface area contributed by atoms with Gasteiger partial charge in [0.05, 0.1) is 13.7 Å². The second kappa shape index (κ2) is 11.0. The molecule has 0 bridgehead atoms. The van der Waals surface area contributed by atoms with Crippen molar-refractivity contribution in [1.29, 1.82) is 0 Å². The van der Waals surface area contributed by atoms with Crippen molar-refractivity contribution in [3.63, 3.8) is 0 Å². The number of methoxy groups -OCH3 is 1. The van der Waals surface area contributed by atoms with Crippen LogP contribution >= 0.6 is 0 Å². The Morgan fingerprint density at radius 2 is 2.03 bits per heavy atom. The second-order valence-electron chi connectivity index (χ2n) is 6.64. The number of aromatic nitrogens is 3. The van der Waals surface area contributed by atoms with Gasteiger partial charge in [0.2, 0.25) is 18.2 Å². The molecule has 32 heavy (non-hydrogen) atoms. The first-order valence-electron chi connectivity index (χ1n) is 9.93. The fourth-order valence-corrected chi connectivity index (χ4v) is 3.09. The molecule has 0 aliphatic carbocycles. The standard InChI is InChI=1S/C17H18F5N5O3.C2H6/c1-29-14-10(2-3-11(24-14)17(20,21)22)15-25-26-16(30-15)23-7-13(28)27-5-4-9(8-27)6-12(18)19;1-2/h2-3,9,12H,4-8H2,1H3,(H,23,26);1-2H3. The lowest BCUT2D eigenvalue weighted by Gasteiger charge is -2.16. The van der Waals surface area contributed by atoms with Crippen LogP contribution in [0.3, 0.4) is 0 Å². The van der Waals surface area contributed by atoms with E-state index in [1.165, 1.54) is 4.90 Å². The fraction of sp³-hybridized carbons (Fsp3) is 0.579. The van der Waals surface area contributed by atoms with Crippen molar-refractivity contribution in [2.24, 2.45) is 5.92 Å². The van der Waals surface area contributed by atoms with E-state index in [9.17, 15) is 26.7 Å². The van der Waals surface area contributed by atoms with Crippen LogP contribution in [0, 0.1) is 5.92 Å². The number of nitrogens with one attached hydrogen (secondary N) is 1. The number of halogens is 5. The number of amides is 1. The van der Waals surface area contributed by atoms with Gasteiger partial charge < -0.3 is 19.4 Å². The fourth-order valence-electron chi connectivity index (χ4n) is 3.09. The number of rotatable bonds is 7. The molecule has 178 valence electrons. The van der Waals surface area contributed by atoms with Crippen molar-refractivity contribution in [3.05, 3.63) is 17.8 Å². The van der Waals surface area contributed by atoms with Gasteiger partial charge >= 0.3 is 12.2 Å². The molecule has 13 heteroatoms. The van der Waals surface area contributed by atoms with Gasteiger partial charge in [-0.3, -0.25) is 4.79 Å². The van der Waals surface area contributed by atoms with E-state index in [0.29, 0.717) is 13.0 Å². The molecule has 0 saturated carbocycles. The maximum absolute atomic E-state index is 12.8. The molecule has 1 aliphatic rings. The molecule has 0 radical (unpaired) electrons. The van der Waals surface area contributed by atoms with Crippen LogP contribution in [-0.2, 0) is 11.0 Å². The Labute approximate surface area is 181 Å². The zero-order valence-corrected chi connectivity index (χ0v) is 17.7. The number of hydrogen-bond donors (Lipinski definition) is 1. The quantitative estimate of drug-likeness (QED) is 0.616. The number of nitrogens with zero attached hydrogens (tertiary/aromatic N) is 4. The van der Waals surface area contributed by atoms with E-state index in [1.807, 2.05) is 13.8 Å². The molecule has 1 unspecified atom stereocenters. The van der Waals surface area contributed by atoms with Gasteiger partial charge in [0.15, 0.2) is 0 Å². The third-order valence-electron chi connectivity index (χ3n) is 4.54. The summed E-state index contributed by atoms with van der Waals surface area (Å²) in [7, 11) is 1.15. The molecule has 2 aromatic heterocycles. The summed E-state index contributed by atoms with van der Waals surface area (Å²) in [6.45, 7) is 4.45. The molecule has 3 heterocycles. The smallest absolute Gasteiger partial charge is 0.433 e. The van der Waals surface area contributed by atoms with Crippen LogP contribution in [0.1, 0.15) is 32.4 Å². The van der Waals surface area contributed by atoms with Crippen LogP contribution in [0.15, 0.2) is 16.5 Å². The largest absolute Gasteiger partial charge is 0.480 e. The molecule has 0 spiro atoms. The number of ether oxygens (including phenoxy) is 1.